The maximum atomic E-state index is 12.5. The number of amides is 1. The van der Waals surface area contributed by atoms with E-state index in [-0.39, 0.29) is 17.4 Å². The van der Waals surface area contributed by atoms with Gasteiger partial charge in [-0.05, 0) is 38.8 Å². The highest BCUT2D eigenvalue weighted by molar-refractivity contribution is 6.03. The first-order valence-corrected chi connectivity index (χ1v) is 8.42. The van der Waals surface area contributed by atoms with Crippen LogP contribution in [0.3, 0.4) is 0 Å². The van der Waals surface area contributed by atoms with Crippen LogP contribution in [0.15, 0.2) is 35.4 Å². The first kappa shape index (κ1) is 16.2. The van der Waals surface area contributed by atoms with E-state index in [0.717, 1.165) is 18.5 Å². The Kier molecular flexibility index (Phi) is 3.87. The van der Waals surface area contributed by atoms with E-state index in [1.54, 1.807) is 32.2 Å². The summed E-state index contributed by atoms with van der Waals surface area (Å²) in [5, 5.41) is 7.40. The van der Waals surface area contributed by atoms with Gasteiger partial charge in [-0.1, -0.05) is 0 Å². The lowest BCUT2D eigenvalue weighted by molar-refractivity contribution is 0.102. The number of H-pyrrole nitrogens is 1. The third-order valence-corrected chi connectivity index (χ3v) is 4.47. The minimum absolute atomic E-state index is 0.222. The molecule has 26 heavy (non-hydrogen) atoms. The van der Waals surface area contributed by atoms with Crippen LogP contribution >= 0.6 is 0 Å². The van der Waals surface area contributed by atoms with Crippen LogP contribution in [0.4, 0.5) is 5.82 Å². The van der Waals surface area contributed by atoms with E-state index in [4.69, 9.17) is 0 Å². The maximum Gasteiger partial charge on any atom is 0.258 e. The molecule has 1 fully saturated rings. The molecule has 132 valence electrons. The number of carbonyl (C=O) groups excluding carboxylic acids is 1. The molecule has 0 saturated heterocycles. The van der Waals surface area contributed by atoms with E-state index in [0.29, 0.717) is 28.6 Å². The molecular formula is C18H18N6O2. The van der Waals surface area contributed by atoms with Gasteiger partial charge in [0.25, 0.3) is 11.5 Å². The fraction of sp³-hybridized carbons (Fsp3) is 0.278. The van der Waals surface area contributed by atoms with Gasteiger partial charge in [0.05, 0.1) is 11.3 Å². The molecule has 0 aromatic carbocycles. The van der Waals surface area contributed by atoms with Crippen LogP contribution in [0.25, 0.3) is 5.95 Å². The monoisotopic (exact) mass is 350 g/mol. The summed E-state index contributed by atoms with van der Waals surface area (Å²) in [4.78, 5) is 35.7. The fourth-order valence-corrected chi connectivity index (χ4v) is 2.64. The molecule has 4 rings (SSSR count). The summed E-state index contributed by atoms with van der Waals surface area (Å²) in [7, 11) is 0. The van der Waals surface area contributed by atoms with E-state index in [1.807, 2.05) is 6.07 Å². The summed E-state index contributed by atoms with van der Waals surface area (Å²) in [6, 6.07) is 5.21. The number of carbonyl (C=O) groups is 1. The first-order chi connectivity index (χ1) is 12.5. The second-order valence-electron chi connectivity index (χ2n) is 6.44. The number of nitrogens with zero attached hydrogens (tertiary/aromatic N) is 4. The molecule has 2 N–H and O–H groups in total. The summed E-state index contributed by atoms with van der Waals surface area (Å²) in [6.45, 7) is 3.49. The largest absolute Gasteiger partial charge is 0.306 e. The van der Waals surface area contributed by atoms with Gasteiger partial charge in [0.2, 0.25) is 5.95 Å². The van der Waals surface area contributed by atoms with Crippen LogP contribution in [-0.2, 0) is 0 Å². The first-order valence-electron chi connectivity index (χ1n) is 8.42. The Morgan fingerprint density at radius 3 is 2.81 bits per heavy atom. The molecule has 0 unspecified atom stereocenters. The standard InChI is InChI=1S/C18H18N6O2/c1-10-11(2)20-18(22-16(10)25)24-15(8-14(23-24)12-5-6-12)21-17(26)13-4-3-7-19-9-13/h3-4,7-9,12H,5-6H2,1-2H3,(H,21,26)(H,20,22,25). The van der Waals surface area contributed by atoms with Crippen molar-refractivity contribution in [2.45, 2.75) is 32.6 Å². The van der Waals surface area contributed by atoms with Crippen LogP contribution in [-0.4, -0.2) is 30.6 Å². The molecule has 8 heteroatoms. The van der Waals surface area contributed by atoms with E-state index in [1.165, 1.54) is 10.9 Å². The Morgan fingerprint density at radius 2 is 2.15 bits per heavy atom. The summed E-state index contributed by atoms with van der Waals surface area (Å²) in [5.41, 5.74) is 2.28. The van der Waals surface area contributed by atoms with Crippen molar-refractivity contribution >= 4 is 11.7 Å². The molecule has 0 bridgehead atoms. The molecule has 0 spiro atoms. The molecule has 3 heterocycles. The van der Waals surface area contributed by atoms with Gasteiger partial charge in [-0.15, -0.1) is 0 Å². The van der Waals surface area contributed by atoms with Crippen molar-refractivity contribution in [1.29, 1.82) is 0 Å². The van der Waals surface area contributed by atoms with Crippen molar-refractivity contribution in [3.8, 4) is 5.95 Å². The number of aromatic amines is 1. The molecule has 1 saturated carbocycles. The van der Waals surface area contributed by atoms with Crippen LogP contribution in [0.1, 0.15) is 46.1 Å². The average Bonchev–Trinajstić information content (AvgIpc) is 3.41. The number of hydrogen-bond donors (Lipinski definition) is 2. The van der Waals surface area contributed by atoms with Crippen molar-refractivity contribution in [3.63, 3.8) is 0 Å². The van der Waals surface area contributed by atoms with Crippen molar-refractivity contribution < 1.29 is 4.79 Å². The topological polar surface area (TPSA) is 106 Å². The molecule has 0 aliphatic heterocycles. The zero-order valence-electron chi connectivity index (χ0n) is 14.5. The van der Waals surface area contributed by atoms with Crippen molar-refractivity contribution in [2.75, 3.05) is 5.32 Å². The van der Waals surface area contributed by atoms with Crippen LogP contribution in [0.2, 0.25) is 0 Å². The second kappa shape index (κ2) is 6.21. The van der Waals surface area contributed by atoms with Crippen LogP contribution < -0.4 is 10.9 Å². The zero-order valence-corrected chi connectivity index (χ0v) is 14.5. The van der Waals surface area contributed by atoms with E-state index >= 15 is 0 Å². The van der Waals surface area contributed by atoms with Crippen molar-refractivity contribution in [1.82, 2.24) is 24.7 Å². The number of pyridine rings is 1. The number of nitrogens with one attached hydrogen (secondary N) is 2. The van der Waals surface area contributed by atoms with Gasteiger partial charge < -0.3 is 5.32 Å². The van der Waals surface area contributed by atoms with Gasteiger partial charge in [-0.25, -0.2) is 4.98 Å². The normalized spacial score (nSPS) is 13.6. The Balaban J connectivity index is 1.75. The highest BCUT2D eigenvalue weighted by Gasteiger charge is 2.28. The zero-order chi connectivity index (χ0) is 18.3. The van der Waals surface area contributed by atoms with E-state index in [9.17, 15) is 9.59 Å². The molecule has 1 amide bonds. The molecule has 1 aliphatic rings. The van der Waals surface area contributed by atoms with Gasteiger partial charge >= 0.3 is 0 Å². The molecule has 0 atom stereocenters. The summed E-state index contributed by atoms with van der Waals surface area (Å²) >= 11 is 0. The van der Waals surface area contributed by atoms with Crippen LogP contribution in [0, 0.1) is 13.8 Å². The lowest BCUT2D eigenvalue weighted by Gasteiger charge is -2.09. The number of aromatic nitrogens is 5. The molecule has 3 aromatic rings. The second-order valence-corrected chi connectivity index (χ2v) is 6.44. The Hall–Kier alpha value is -3.29. The third-order valence-electron chi connectivity index (χ3n) is 4.47. The fourth-order valence-electron chi connectivity index (χ4n) is 2.64. The summed E-state index contributed by atoms with van der Waals surface area (Å²) in [6.07, 6.45) is 5.25. The number of aryl methyl sites for hydroxylation is 1. The van der Waals surface area contributed by atoms with E-state index in [2.05, 4.69) is 25.4 Å². The molecule has 0 radical (unpaired) electrons. The quantitative estimate of drug-likeness (QED) is 0.749. The van der Waals surface area contributed by atoms with Crippen molar-refractivity contribution in [2.24, 2.45) is 0 Å². The number of hydrogen-bond acceptors (Lipinski definition) is 5. The third kappa shape index (κ3) is 3.01. The van der Waals surface area contributed by atoms with Crippen molar-refractivity contribution in [3.05, 3.63) is 63.5 Å². The number of anilines is 1. The molecule has 3 aromatic heterocycles. The number of rotatable bonds is 4. The minimum atomic E-state index is -0.298. The molecule has 8 nitrogen and oxygen atoms in total. The highest BCUT2D eigenvalue weighted by atomic mass is 16.2. The summed E-state index contributed by atoms with van der Waals surface area (Å²) < 4.78 is 1.48. The van der Waals surface area contributed by atoms with Crippen LogP contribution in [0.5, 0.6) is 0 Å². The Bertz CT molecular complexity index is 1030. The van der Waals surface area contributed by atoms with Gasteiger partial charge in [0.15, 0.2) is 0 Å². The molecular weight excluding hydrogens is 332 g/mol. The highest BCUT2D eigenvalue weighted by Crippen LogP contribution is 2.40. The predicted octanol–water partition coefficient (Wildman–Crippen LogP) is 2.10. The Morgan fingerprint density at radius 1 is 1.35 bits per heavy atom. The Labute approximate surface area is 149 Å². The van der Waals surface area contributed by atoms with E-state index < -0.39 is 0 Å². The lowest BCUT2D eigenvalue weighted by atomic mass is 10.2. The smallest absolute Gasteiger partial charge is 0.258 e. The minimum Gasteiger partial charge on any atom is -0.306 e. The predicted molar refractivity (Wildman–Crippen MR) is 95.6 cm³/mol. The molecule has 1 aliphatic carbocycles. The van der Waals surface area contributed by atoms with Gasteiger partial charge in [-0.3, -0.25) is 19.6 Å². The average molecular weight is 350 g/mol. The van der Waals surface area contributed by atoms with Gasteiger partial charge in [0, 0.05) is 35.6 Å². The summed E-state index contributed by atoms with van der Waals surface area (Å²) in [5.74, 6) is 0.843. The van der Waals surface area contributed by atoms with Gasteiger partial charge in [-0.2, -0.15) is 9.78 Å². The van der Waals surface area contributed by atoms with Gasteiger partial charge in [0.1, 0.15) is 5.82 Å². The maximum absolute atomic E-state index is 12.5. The SMILES string of the molecule is Cc1nc(-n2nc(C3CC3)cc2NC(=O)c2cccnc2)[nH]c(=O)c1C. The lowest BCUT2D eigenvalue weighted by Crippen LogP contribution is -2.20.